The highest BCUT2D eigenvalue weighted by molar-refractivity contribution is 9.10. The van der Waals surface area contributed by atoms with Crippen molar-refractivity contribution in [1.82, 2.24) is 10.2 Å². The quantitative estimate of drug-likeness (QED) is 0.757. The molecule has 1 atom stereocenters. The Morgan fingerprint density at radius 2 is 1.86 bits per heavy atom. The molecule has 0 radical (unpaired) electrons. The van der Waals surface area contributed by atoms with Crippen LogP contribution < -0.4 is 5.73 Å². The predicted octanol–water partition coefficient (Wildman–Crippen LogP) is 4.32. The number of benzene rings is 2. The number of aryl methyl sites for hydroxylation is 1. The van der Waals surface area contributed by atoms with E-state index in [1.165, 1.54) is 16.9 Å². The number of aromatic nitrogens is 2. The molecule has 0 fully saturated rings. The van der Waals surface area contributed by atoms with Crippen molar-refractivity contribution in [3.63, 3.8) is 0 Å². The van der Waals surface area contributed by atoms with Crippen LogP contribution in [0.2, 0.25) is 0 Å². The molecular weight excluding hydrogens is 346 g/mol. The van der Waals surface area contributed by atoms with E-state index in [-0.39, 0.29) is 6.04 Å². The SMILES string of the molecule is Cc1ccc(Br)c(-c2nnc(C(N)c3ccccc3)s2)c1. The zero-order chi connectivity index (χ0) is 14.8. The molecular formula is C16H14BrN3S. The first-order chi connectivity index (χ1) is 10.1. The van der Waals surface area contributed by atoms with Gasteiger partial charge in [-0.1, -0.05) is 69.2 Å². The van der Waals surface area contributed by atoms with Gasteiger partial charge in [0, 0.05) is 10.0 Å². The van der Waals surface area contributed by atoms with Gasteiger partial charge in [-0.15, -0.1) is 10.2 Å². The Kier molecular flexibility index (Phi) is 4.14. The maximum absolute atomic E-state index is 6.27. The summed E-state index contributed by atoms with van der Waals surface area (Å²) in [4.78, 5) is 0. The van der Waals surface area contributed by atoms with E-state index >= 15 is 0 Å². The van der Waals surface area contributed by atoms with Gasteiger partial charge < -0.3 is 5.73 Å². The topological polar surface area (TPSA) is 51.8 Å². The fraction of sp³-hybridized carbons (Fsp3) is 0.125. The first-order valence-corrected chi connectivity index (χ1v) is 8.16. The van der Waals surface area contributed by atoms with Gasteiger partial charge in [-0.3, -0.25) is 0 Å². The molecule has 1 aromatic heterocycles. The zero-order valence-corrected chi connectivity index (χ0v) is 13.9. The lowest BCUT2D eigenvalue weighted by atomic mass is 10.1. The van der Waals surface area contributed by atoms with Crippen molar-refractivity contribution in [3.05, 3.63) is 69.1 Å². The molecule has 3 rings (SSSR count). The number of halogens is 1. The van der Waals surface area contributed by atoms with Crippen molar-refractivity contribution in [1.29, 1.82) is 0 Å². The second-order valence-electron chi connectivity index (χ2n) is 4.82. The molecule has 0 aliphatic rings. The van der Waals surface area contributed by atoms with Crippen LogP contribution in [0.15, 0.2) is 53.0 Å². The van der Waals surface area contributed by atoms with E-state index in [1.54, 1.807) is 0 Å². The minimum Gasteiger partial charge on any atom is -0.318 e. The normalized spacial score (nSPS) is 12.3. The first-order valence-electron chi connectivity index (χ1n) is 6.55. The van der Waals surface area contributed by atoms with E-state index in [0.717, 1.165) is 25.6 Å². The van der Waals surface area contributed by atoms with Gasteiger partial charge in [0.15, 0.2) is 0 Å². The molecule has 0 bridgehead atoms. The van der Waals surface area contributed by atoms with Crippen LogP contribution in [0.4, 0.5) is 0 Å². The van der Waals surface area contributed by atoms with E-state index < -0.39 is 0 Å². The molecule has 0 saturated heterocycles. The van der Waals surface area contributed by atoms with Gasteiger partial charge in [0.25, 0.3) is 0 Å². The lowest BCUT2D eigenvalue weighted by Crippen LogP contribution is -2.11. The van der Waals surface area contributed by atoms with Crippen LogP contribution >= 0.6 is 27.3 Å². The van der Waals surface area contributed by atoms with Crippen molar-refractivity contribution in [3.8, 4) is 10.6 Å². The maximum atomic E-state index is 6.27. The molecule has 0 aliphatic heterocycles. The molecule has 1 heterocycles. The van der Waals surface area contributed by atoms with E-state index in [9.17, 15) is 0 Å². The fourth-order valence-corrected chi connectivity index (χ4v) is 3.54. The van der Waals surface area contributed by atoms with Gasteiger partial charge >= 0.3 is 0 Å². The van der Waals surface area contributed by atoms with Crippen molar-refractivity contribution in [2.45, 2.75) is 13.0 Å². The van der Waals surface area contributed by atoms with Gasteiger partial charge in [0.05, 0.1) is 6.04 Å². The molecule has 106 valence electrons. The minimum atomic E-state index is -0.235. The van der Waals surface area contributed by atoms with E-state index in [2.05, 4.69) is 45.2 Å². The summed E-state index contributed by atoms with van der Waals surface area (Å²) in [7, 11) is 0. The fourth-order valence-electron chi connectivity index (χ4n) is 2.08. The number of nitrogens with zero attached hydrogens (tertiary/aromatic N) is 2. The Morgan fingerprint density at radius 1 is 1.10 bits per heavy atom. The van der Waals surface area contributed by atoms with Crippen LogP contribution in [0.1, 0.15) is 22.2 Å². The Labute approximate surface area is 136 Å². The number of rotatable bonds is 3. The Hall–Kier alpha value is -1.56. The van der Waals surface area contributed by atoms with Crippen LogP contribution in [0, 0.1) is 6.92 Å². The summed E-state index contributed by atoms with van der Waals surface area (Å²) in [5, 5.41) is 10.3. The molecule has 2 N–H and O–H groups in total. The zero-order valence-electron chi connectivity index (χ0n) is 11.5. The molecule has 3 aromatic rings. The van der Waals surface area contributed by atoms with Crippen LogP contribution in [-0.2, 0) is 0 Å². The van der Waals surface area contributed by atoms with Crippen LogP contribution in [0.5, 0.6) is 0 Å². The average Bonchev–Trinajstić information content (AvgIpc) is 2.99. The smallest absolute Gasteiger partial charge is 0.149 e. The summed E-state index contributed by atoms with van der Waals surface area (Å²) in [6.45, 7) is 2.06. The molecule has 0 spiro atoms. The van der Waals surface area contributed by atoms with Gasteiger partial charge in [-0.05, 0) is 24.6 Å². The summed E-state index contributed by atoms with van der Waals surface area (Å²) >= 11 is 5.10. The monoisotopic (exact) mass is 359 g/mol. The third-order valence-electron chi connectivity index (χ3n) is 3.22. The molecule has 0 saturated carbocycles. The Balaban J connectivity index is 1.95. The number of nitrogens with two attached hydrogens (primary N) is 1. The molecule has 0 amide bonds. The lowest BCUT2D eigenvalue weighted by molar-refractivity contribution is 0.831. The van der Waals surface area contributed by atoms with Crippen LogP contribution in [-0.4, -0.2) is 10.2 Å². The van der Waals surface area contributed by atoms with E-state index in [1.807, 2.05) is 36.4 Å². The summed E-state index contributed by atoms with van der Waals surface area (Å²) in [5.74, 6) is 0. The Morgan fingerprint density at radius 3 is 2.62 bits per heavy atom. The largest absolute Gasteiger partial charge is 0.318 e. The van der Waals surface area contributed by atoms with Crippen LogP contribution in [0.25, 0.3) is 10.6 Å². The van der Waals surface area contributed by atoms with Gasteiger partial charge in [0.1, 0.15) is 10.0 Å². The highest BCUT2D eigenvalue weighted by Crippen LogP contribution is 2.33. The van der Waals surface area contributed by atoms with Gasteiger partial charge in [-0.2, -0.15) is 0 Å². The molecule has 21 heavy (non-hydrogen) atoms. The van der Waals surface area contributed by atoms with Crippen molar-refractivity contribution >= 4 is 27.3 Å². The van der Waals surface area contributed by atoms with Crippen LogP contribution in [0.3, 0.4) is 0 Å². The van der Waals surface area contributed by atoms with E-state index in [0.29, 0.717) is 0 Å². The maximum Gasteiger partial charge on any atom is 0.149 e. The second kappa shape index (κ2) is 6.05. The predicted molar refractivity (Wildman–Crippen MR) is 90.3 cm³/mol. The Bertz CT molecular complexity index is 755. The number of hydrogen-bond donors (Lipinski definition) is 1. The minimum absolute atomic E-state index is 0.235. The highest BCUT2D eigenvalue weighted by Gasteiger charge is 2.16. The van der Waals surface area contributed by atoms with Gasteiger partial charge in [0.2, 0.25) is 0 Å². The van der Waals surface area contributed by atoms with E-state index in [4.69, 9.17) is 5.73 Å². The summed E-state index contributed by atoms with van der Waals surface area (Å²) < 4.78 is 1.02. The molecule has 5 heteroatoms. The first kappa shape index (κ1) is 14.4. The lowest BCUT2D eigenvalue weighted by Gasteiger charge is -2.07. The molecule has 0 aliphatic carbocycles. The summed E-state index contributed by atoms with van der Waals surface area (Å²) in [6, 6.07) is 15.9. The average molecular weight is 360 g/mol. The molecule has 1 unspecified atom stereocenters. The molecule has 2 aromatic carbocycles. The summed E-state index contributed by atoms with van der Waals surface area (Å²) in [5.41, 5.74) is 9.56. The second-order valence-corrected chi connectivity index (χ2v) is 6.68. The summed E-state index contributed by atoms with van der Waals surface area (Å²) in [6.07, 6.45) is 0. The van der Waals surface area contributed by atoms with Crippen molar-refractivity contribution in [2.75, 3.05) is 0 Å². The number of hydrogen-bond acceptors (Lipinski definition) is 4. The highest BCUT2D eigenvalue weighted by atomic mass is 79.9. The van der Waals surface area contributed by atoms with Crippen molar-refractivity contribution in [2.24, 2.45) is 5.73 Å². The standard InChI is InChI=1S/C16H14BrN3S/c1-10-7-8-13(17)12(9-10)15-19-20-16(21-15)14(18)11-5-3-2-4-6-11/h2-9,14H,18H2,1H3. The van der Waals surface area contributed by atoms with Gasteiger partial charge in [-0.25, -0.2) is 0 Å². The van der Waals surface area contributed by atoms with Crippen molar-refractivity contribution < 1.29 is 0 Å². The molecule has 3 nitrogen and oxygen atoms in total. The third-order valence-corrected chi connectivity index (χ3v) is 4.95. The third kappa shape index (κ3) is 3.05.